The second-order valence-corrected chi connectivity index (χ2v) is 4.17. The minimum Gasteiger partial charge on any atom is -0.160 e. The zero-order valence-corrected chi connectivity index (χ0v) is 9.00. The van der Waals surface area contributed by atoms with Crippen molar-refractivity contribution in [1.82, 2.24) is 0 Å². The minimum absolute atomic E-state index is 0.0798. The van der Waals surface area contributed by atoms with Crippen LogP contribution in [-0.2, 0) is 0 Å². The maximum absolute atomic E-state index is 12.0. The first kappa shape index (κ1) is 13.4. The van der Waals surface area contributed by atoms with Gasteiger partial charge in [0.2, 0.25) is 0 Å². The predicted molar refractivity (Wildman–Crippen MR) is 55.9 cm³/mol. The molecule has 0 aliphatic carbocycles. The maximum Gasteiger partial charge on any atom is 0.446 e. The van der Waals surface area contributed by atoms with Crippen LogP contribution in [-0.4, -0.2) is 5.51 Å². The van der Waals surface area contributed by atoms with E-state index in [9.17, 15) is 13.2 Å². The molecule has 0 rings (SSSR count). The van der Waals surface area contributed by atoms with E-state index in [-0.39, 0.29) is 22.6 Å². The second-order valence-electron chi connectivity index (χ2n) is 3.03. The highest BCUT2D eigenvalue weighted by Crippen LogP contribution is 2.37. The van der Waals surface area contributed by atoms with Gasteiger partial charge in [0.15, 0.2) is 0 Å². The fraction of sp³-hybridized carbons (Fsp3) is 0.400. The largest absolute Gasteiger partial charge is 0.446 e. The fourth-order valence-electron chi connectivity index (χ4n) is 0.613. The molecule has 0 aliphatic heterocycles. The lowest BCUT2D eigenvalue weighted by Crippen LogP contribution is -2.00. The molecule has 0 N–H and O–H groups in total. The highest BCUT2D eigenvalue weighted by Gasteiger charge is 2.29. The van der Waals surface area contributed by atoms with Crippen LogP contribution in [0, 0.1) is 5.92 Å². The van der Waals surface area contributed by atoms with E-state index in [0.717, 1.165) is 0 Å². The summed E-state index contributed by atoms with van der Waals surface area (Å²) in [5.41, 5.74) is -3.60. The summed E-state index contributed by atoms with van der Waals surface area (Å²) in [5, 5.41) is 0. The van der Waals surface area contributed by atoms with Gasteiger partial charge in [0.25, 0.3) is 0 Å². The lowest BCUT2D eigenvalue weighted by Gasteiger charge is -2.08. The molecule has 0 spiro atoms. The molecule has 0 saturated heterocycles. The van der Waals surface area contributed by atoms with E-state index in [0.29, 0.717) is 5.57 Å². The fourth-order valence-corrected chi connectivity index (χ4v) is 1.17. The van der Waals surface area contributed by atoms with Crippen molar-refractivity contribution < 1.29 is 13.2 Å². The minimum atomic E-state index is -4.27. The van der Waals surface area contributed by atoms with Crippen LogP contribution in [0.3, 0.4) is 0 Å². The van der Waals surface area contributed by atoms with Gasteiger partial charge in [-0.05, 0) is 23.8 Å². The molecular formula is C10H13F3S. The van der Waals surface area contributed by atoms with Crippen LogP contribution in [0.15, 0.2) is 35.8 Å². The van der Waals surface area contributed by atoms with E-state index in [2.05, 4.69) is 13.2 Å². The molecule has 0 aromatic rings. The Labute approximate surface area is 86.6 Å². The molecule has 0 aromatic carbocycles. The lowest BCUT2D eigenvalue weighted by atomic mass is 10.1. The molecule has 0 radical (unpaired) electrons. The van der Waals surface area contributed by atoms with E-state index < -0.39 is 5.51 Å². The van der Waals surface area contributed by atoms with Crippen LogP contribution in [0.4, 0.5) is 13.2 Å². The smallest absolute Gasteiger partial charge is 0.160 e. The van der Waals surface area contributed by atoms with Gasteiger partial charge in [-0.3, -0.25) is 0 Å². The van der Waals surface area contributed by atoms with Crippen molar-refractivity contribution in [2.75, 3.05) is 0 Å². The van der Waals surface area contributed by atoms with Gasteiger partial charge in [0.05, 0.1) is 0 Å². The van der Waals surface area contributed by atoms with Crippen LogP contribution >= 0.6 is 11.8 Å². The van der Waals surface area contributed by atoms with Crippen molar-refractivity contribution >= 4 is 11.8 Å². The third-order valence-electron chi connectivity index (χ3n) is 1.50. The molecule has 0 amide bonds. The average molecular weight is 222 g/mol. The quantitative estimate of drug-likeness (QED) is 0.630. The first-order valence-electron chi connectivity index (χ1n) is 4.05. The zero-order chi connectivity index (χ0) is 11.4. The standard InChI is InChI=1S/C10H13F3S/c1-5-9(14-10(11,12)13)6-8(4)7(2)3/h5-7H,1,4H2,2-3H3/b9-6+. The van der Waals surface area contributed by atoms with Gasteiger partial charge in [-0.15, -0.1) is 0 Å². The predicted octanol–water partition coefficient (Wildman–Crippen LogP) is 4.52. The topological polar surface area (TPSA) is 0 Å². The van der Waals surface area contributed by atoms with Gasteiger partial charge in [-0.25, -0.2) is 0 Å². The first-order valence-corrected chi connectivity index (χ1v) is 4.86. The van der Waals surface area contributed by atoms with Crippen LogP contribution in [0.2, 0.25) is 0 Å². The van der Waals surface area contributed by atoms with E-state index >= 15 is 0 Å². The Hall–Kier alpha value is -0.640. The Bertz CT molecular complexity index is 249. The van der Waals surface area contributed by atoms with Gasteiger partial charge in [-0.1, -0.05) is 38.7 Å². The average Bonchev–Trinajstić information content (AvgIpc) is 2.00. The highest BCUT2D eigenvalue weighted by atomic mass is 32.2. The van der Waals surface area contributed by atoms with Gasteiger partial charge in [0.1, 0.15) is 0 Å². The van der Waals surface area contributed by atoms with Crippen LogP contribution < -0.4 is 0 Å². The molecule has 0 saturated carbocycles. The molecule has 4 heteroatoms. The molecule has 0 bridgehead atoms. The SMILES string of the molecule is C=C/C(=C\C(=C)C(C)C)SC(F)(F)F. The number of alkyl halides is 3. The van der Waals surface area contributed by atoms with Crippen LogP contribution in [0.5, 0.6) is 0 Å². The number of allylic oxidation sites excluding steroid dienone is 3. The van der Waals surface area contributed by atoms with Crippen molar-refractivity contribution in [2.45, 2.75) is 19.4 Å². The Morgan fingerprint density at radius 1 is 1.36 bits per heavy atom. The van der Waals surface area contributed by atoms with E-state index in [4.69, 9.17) is 0 Å². The molecule has 0 nitrogen and oxygen atoms in total. The number of halogens is 3. The summed E-state index contributed by atoms with van der Waals surface area (Å²) in [6.45, 7) is 10.7. The van der Waals surface area contributed by atoms with Gasteiger partial charge in [-0.2, -0.15) is 13.2 Å². The Morgan fingerprint density at radius 3 is 2.14 bits per heavy atom. The molecule has 0 atom stereocenters. The Morgan fingerprint density at radius 2 is 1.86 bits per heavy atom. The number of rotatable bonds is 4. The summed E-state index contributed by atoms with van der Waals surface area (Å²) in [4.78, 5) is 0.0798. The van der Waals surface area contributed by atoms with Crippen molar-refractivity contribution in [3.8, 4) is 0 Å². The molecule has 0 unspecified atom stereocenters. The summed E-state index contributed by atoms with van der Waals surface area (Å²) in [7, 11) is 0. The summed E-state index contributed by atoms with van der Waals surface area (Å²) < 4.78 is 36.0. The Kier molecular flexibility index (Phi) is 5.05. The van der Waals surface area contributed by atoms with Gasteiger partial charge < -0.3 is 0 Å². The van der Waals surface area contributed by atoms with Crippen molar-refractivity contribution in [1.29, 1.82) is 0 Å². The summed E-state index contributed by atoms with van der Waals surface area (Å²) >= 11 is -0.170. The van der Waals surface area contributed by atoms with E-state index in [1.807, 2.05) is 13.8 Å². The number of hydrogen-bond acceptors (Lipinski definition) is 1. The maximum atomic E-state index is 12.0. The van der Waals surface area contributed by atoms with E-state index in [1.165, 1.54) is 12.2 Å². The monoisotopic (exact) mass is 222 g/mol. The molecular weight excluding hydrogens is 209 g/mol. The van der Waals surface area contributed by atoms with Crippen molar-refractivity contribution in [3.05, 3.63) is 35.8 Å². The van der Waals surface area contributed by atoms with Crippen molar-refractivity contribution in [2.24, 2.45) is 5.92 Å². The summed E-state index contributed by atoms with van der Waals surface area (Å²) in [6.07, 6.45) is 2.60. The zero-order valence-electron chi connectivity index (χ0n) is 8.19. The Balaban J connectivity index is 4.57. The molecule has 14 heavy (non-hydrogen) atoms. The lowest BCUT2D eigenvalue weighted by molar-refractivity contribution is -0.0321. The third kappa shape index (κ3) is 5.91. The molecule has 0 aromatic heterocycles. The van der Waals surface area contributed by atoms with Gasteiger partial charge in [0, 0.05) is 4.91 Å². The first-order chi connectivity index (χ1) is 6.26. The summed E-state index contributed by atoms with van der Waals surface area (Å²) in [6, 6.07) is 0. The number of thioether (sulfide) groups is 1. The molecule has 0 aliphatic rings. The molecule has 0 heterocycles. The van der Waals surface area contributed by atoms with E-state index in [1.54, 1.807) is 0 Å². The number of hydrogen-bond donors (Lipinski definition) is 0. The summed E-state index contributed by atoms with van der Waals surface area (Å²) in [5.74, 6) is 0.138. The van der Waals surface area contributed by atoms with Crippen LogP contribution in [0.1, 0.15) is 13.8 Å². The van der Waals surface area contributed by atoms with Crippen molar-refractivity contribution in [3.63, 3.8) is 0 Å². The highest BCUT2D eigenvalue weighted by molar-refractivity contribution is 8.04. The third-order valence-corrected chi connectivity index (χ3v) is 2.26. The molecule has 80 valence electrons. The normalized spacial score (nSPS) is 13.1. The molecule has 0 fully saturated rings. The van der Waals surface area contributed by atoms with Crippen LogP contribution in [0.25, 0.3) is 0 Å². The second kappa shape index (κ2) is 5.29. The van der Waals surface area contributed by atoms with Gasteiger partial charge >= 0.3 is 5.51 Å².